The van der Waals surface area contributed by atoms with Crippen LogP contribution in [0.25, 0.3) is 1.43 Å². The Balaban J connectivity index is 4.01. The molecule has 4 N–H and O–H groups in total. The number of carboxylic acid groups (broad SMARTS) is 2. The Morgan fingerprint density at radius 2 is 1.64 bits per heavy atom. The van der Waals surface area contributed by atoms with Crippen LogP contribution in [0.2, 0.25) is 0 Å². The molecule has 1 atom stereocenters. The summed E-state index contributed by atoms with van der Waals surface area (Å²) < 4.78 is 13.9. The molecule has 2 amide bonds. The summed E-state index contributed by atoms with van der Waals surface area (Å²) in [6.45, 7) is 7.86. The maximum absolute atomic E-state index is 12.0. The number of carbonyl (C=O) groups is 4. The summed E-state index contributed by atoms with van der Waals surface area (Å²) in [6.07, 6.45) is -0.401. The molecular weight excluding hydrogens is 404 g/mol. The number of hydrogen-bond acceptors (Lipinski definition) is 7. The molecule has 0 aromatic carbocycles. The molecule has 0 saturated heterocycles. The van der Waals surface area contributed by atoms with Crippen LogP contribution in [0.4, 0.5) is 0 Å². The van der Waals surface area contributed by atoms with Crippen LogP contribution in [-0.4, -0.2) is 57.6 Å². The fraction of sp³-hybridized carbons (Fsp3) is 0.778. The first-order valence-corrected chi connectivity index (χ1v) is 11.3. The molecule has 0 aromatic heterocycles. The van der Waals surface area contributed by atoms with Gasteiger partial charge in [-0.15, -0.1) is 0 Å². The van der Waals surface area contributed by atoms with E-state index in [9.17, 15) is 19.2 Å². The largest absolute Gasteiger partial charge is 0.481 e. The molecule has 0 heterocycles. The van der Waals surface area contributed by atoms with Crippen molar-refractivity contribution in [1.29, 1.82) is 1.43 Å². The Morgan fingerprint density at radius 1 is 1.04 bits per heavy atom. The Hall–Kier alpha value is -1.42. The lowest BCUT2D eigenvalue weighted by Gasteiger charge is -2.24. The molecule has 0 fully saturated rings. The molecule has 8 nitrogen and oxygen atoms in total. The zero-order valence-electron chi connectivity index (χ0n) is 18.8. The van der Waals surface area contributed by atoms with Gasteiger partial charge in [-0.2, -0.15) is 0 Å². The number of hydrogen-bond donors (Lipinski definition) is 4. The highest BCUT2D eigenvalue weighted by Gasteiger charge is 2.27. The van der Waals surface area contributed by atoms with Crippen molar-refractivity contribution in [1.82, 2.24) is 10.6 Å². The number of nitrogens with one attached hydrogen (secondary N) is 2. The van der Waals surface area contributed by atoms with Crippen molar-refractivity contribution in [3.8, 4) is 0 Å². The van der Waals surface area contributed by atoms with Gasteiger partial charge in [-0.05, 0) is 40.5 Å². The van der Waals surface area contributed by atoms with E-state index in [0.717, 1.165) is 0 Å². The van der Waals surface area contributed by atoms with Crippen molar-refractivity contribution in [2.45, 2.75) is 64.5 Å². The molecule has 0 saturated carbocycles. The highest BCUT2D eigenvalue weighted by molar-refractivity contribution is 8.77. The summed E-state index contributed by atoms with van der Waals surface area (Å²) in [5.74, 6) is -1.90. The number of carbonyl (C=O) groups excluding carboxylic acids is 2. The van der Waals surface area contributed by atoms with Crippen LogP contribution in [0.5, 0.6) is 0 Å². The zero-order chi connectivity index (χ0) is 23.4. The molecule has 0 aromatic rings. The molecule has 0 aliphatic rings. The quantitative estimate of drug-likeness (QED) is 0.226. The third kappa shape index (κ3) is 13.7. The van der Waals surface area contributed by atoms with E-state index in [4.69, 9.17) is 7.91 Å². The smallest absolute Gasteiger partial charge is 0.309 e. The van der Waals surface area contributed by atoms with E-state index < -0.39 is 36.1 Å². The number of aliphatic carboxylic acids is 2. The minimum Gasteiger partial charge on any atom is -0.481 e. The number of rotatable bonds is 15. The molecule has 0 aliphatic heterocycles. The van der Waals surface area contributed by atoms with E-state index in [1.54, 1.807) is 35.4 Å². The average Bonchev–Trinajstić information content (AvgIpc) is 2.65. The first-order chi connectivity index (χ1) is 13.8. The topological polar surface area (TPSA) is 133 Å². The van der Waals surface area contributed by atoms with Crippen molar-refractivity contribution in [3.05, 3.63) is 0 Å². The summed E-state index contributed by atoms with van der Waals surface area (Å²) in [4.78, 5) is 45.4. The lowest BCUT2D eigenvalue weighted by atomic mass is 9.91. The van der Waals surface area contributed by atoms with E-state index in [2.05, 4.69) is 15.7 Å². The summed E-state index contributed by atoms with van der Waals surface area (Å²) >= 11 is 0. The van der Waals surface area contributed by atoms with E-state index >= 15 is 0 Å². The zero-order valence-corrected chi connectivity index (χ0v) is 18.5. The lowest BCUT2D eigenvalue weighted by Crippen LogP contribution is -2.35. The van der Waals surface area contributed by atoms with Crippen LogP contribution >= 0.6 is 21.6 Å². The summed E-state index contributed by atoms with van der Waals surface area (Å²) in [6, 6.07) is 0. The van der Waals surface area contributed by atoms with Gasteiger partial charge in [0.1, 0.15) is 0 Å². The maximum Gasteiger partial charge on any atom is 0.309 e. The van der Waals surface area contributed by atoms with Gasteiger partial charge in [-0.25, -0.2) is 0 Å². The molecule has 10 heteroatoms. The standard InChI is InChI=1S/C18H32N2O6S2/c1-17(2,16(25)26)9-12-27-28-18(3,4)8-7-14(22)20-11-10-19-13(21)5-6-15(23)24/h5-12H2,1-4H3,(H,19,21)(H,20,22)(H,23,24)(H,25,26)/i5T/hD. The molecule has 28 heavy (non-hydrogen) atoms. The minimum absolute atomic E-state index is 0.129. The van der Waals surface area contributed by atoms with Gasteiger partial charge in [0.05, 0.1) is 11.8 Å². The van der Waals surface area contributed by atoms with Gasteiger partial charge in [0.15, 0.2) is 0 Å². The van der Waals surface area contributed by atoms with Gasteiger partial charge >= 0.3 is 11.9 Å². The van der Waals surface area contributed by atoms with Gasteiger partial charge in [0.2, 0.25) is 11.8 Å². The van der Waals surface area contributed by atoms with E-state index in [0.29, 0.717) is 25.0 Å². The van der Waals surface area contributed by atoms with Crippen molar-refractivity contribution in [3.63, 3.8) is 0 Å². The highest BCUT2D eigenvalue weighted by atomic mass is 33.1. The fourth-order valence-corrected chi connectivity index (χ4v) is 4.67. The molecule has 0 spiro atoms. The second-order valence-electron chi connectivity index (χ2n) is 7.53. The summed E-state index contributed by atoms with van der Waals surface area (Å²) in [7, 11) is 3.24. The SMILES string of the molecule is [2H]OC(=O)C(C)(C)CCSSC(C)(C)CCC(=O)NCCNC(=O)C([3H])CC(=O)O. The monoisotopic (exact) mass is 439 g/mol. The molecule has 0 radical (unpaired) electrons. The predicted octanol–water partition coefficient (Wildman–Crippen LogP) is 2.52. The van der Waals surface area contributed by atoms with Crippen LogP contribution in [0.1, 0.15) is 61.1 Å². The Labute approximate surface area is 177 Å². The Kier molecular flexibility index (Phi) is 10.6. The molecule has 0 rings (SSSR count). The first-order valence-electron chi connectivity index (χ1n) is 9.96. The first kappa shape index (κ1) is 22.9. The molecule has 1 unspecified atom stereocenters. The van der Waals surface area contributed by atoms with Crippen molar-refractivity contribution >= 4 is 45.3 Å². The highest BCUT2D eigenvalue weighted by Crippen LogP contribution is 2.40. The summed E-state index contributed by atoms with van der Waals surface area (Å²) in [5.41, 5.74) is -0.706. The molecular formula is C18H32N2O6S2. The fourth-order valence-electron chi connectivity index (χ4n) is 1.78. The third-order valence-corrected chi connectivity index (χ3v) is 7.16. The van der Waals surface area contributed by atoms with Crippen LogP contribution in [0.15, 0.2) is 0 Å². The van der Waals surface area contributed by atoms with Gasteiger partial charge in [-0.3, -0.25) is 19.2 Å². The van der Waals surface area contributed by atoms with Crippen molar-refractivity contribution in [2.75, 3.05) is 18.8 Å². The van der Waals surface area contributed by atoms with Crippen molar-refractivity contribution in [2.24, 2.45) is 5.41 Å². The Morgan fingerprint density at radius 3 is 2.21 bits per heavy atom. The third-order valence-electron chi connectivity index (χ3n) is 3.81. The van der Waals surface area contributed by atoms with Crippen LogP contribution in [0, 0.1) is 5.41 Å². The minimum atomic E-state index is -1.36. The Bertz CT molecular complexity index is 605. The van der Waals surface area contributed by atoms with Gasteiger partial charge < -0.3 is 20.8 Å². The second kappa shape index (κ2) is 12.9. The number of carboxylic acids is 2. The predicted molar refractivity (Wildman–Crippen MR) is 112 cm³/mol. The van der Waals surface area contributed by atoms with Crippen LogP contribution in [0.3, 0.4) is 0 Å². The molecule has 162 valence electrons. The average molecular weight is 440 g/mol. The van der Waals surface area contributed by atoms with Crippen LogP contribution < -0.4 is 10.6 Å². The second-order valence-corrected chi connectivity index (χ2v) is 10.7. The van der Waals surface area contributed by atoms with Gasteiger partial charge in [0.25, 0.3) is 1.43 Å². The summed E-state index contributed by atoms with van der Waals surface area (Å²) in [5, 5.41) is 17.7. The normalized spacial score (nSPS) is 13.7. The van der Waals surface area contributed by atoms with Crippen molar-refractivity contribution < 1.29 is 30.8 Å². The number of amides is 2. The van der Waals surface area contributed by atoms with E-state index in [1.165, 1.54) is 0 Å². The van der Waals surface area contributed by atoms with Crippen LogP contribution in [-0.2, 0) is 19.2 Å². The van der Waals surface area contributed by atoms with Gasteiger partial charge in [-0.1, -0.05) is 21.6 Å². The van der Waals surface area contributed by atoms with Gasteiger partial charge in [0, 0.05) is 37.8 Å². The lowest BCUT2D eigenvalue weighted by molar-refractivity contribution is -0.147. The van der Waals surface area contributed by atoms with E-state index in [-0.39, 0.29) is 23.7 Å². The molecule has 0 aliphatic carbocycles. The molecule has 0 bridgehead atoms. The van der Waals surface area contributed by atoms with E-state index in [1.807, 2.05) is 13.8 Å². The maximum atomic E-state index is 12.0.